The van der Waals surface area contributed by atoms with Crippen LogP contribution in [0.4, 0.5) is 34.1 Å². The summed E-state index contributed by atoms with van der Waals surface area (Å²) in [6, 6.07) is 61.4. The summed E-state index contributed by atoms with van der Waals surface area (Å²) < 4.78 is 0. The Morgan fingerprint density at radius 1 is 0.528 bits per heavy atom. The van der Waals surface area contributed by atoms with E-state index in [0.29, 0.717) is 28.2 Å². The van der Waals surface area contributed by atoms with Gasteiger partial charge in [-0.1, -0.05) is 103 Å². The van der Waals surface area contributed by atoms with E-state index in [1.54, 1.807) is 17.8 Å². The molecule has 0 saturated carbocycles. The molecule has 1 aromatic heterocycles. The van der Waals surface area contributed by atoms with E-state index in [2.05, 4.69) is 94.7 Å². The van der Waals surface area contributed by atoms with Crippen LogP contribution in [0, 0.1) is 22.7 Å². The van der Waals surface area contributed by atoms with Crippen molar-refractivity contribution in [1.82, 2.24) is 9.97 Å². The van der Waals surface area contributed by atoms with Crippen LogP contribution in [0.3, 0.4) is 0 Å². The van der Waals surface area contributed by atoms with E-state index < -0.39 is 0 Å². The Morgan fingerprint density at radius 2 is 1.15 bits per heavy atom. The molecule has 0 unspecified atom stereocenters. The molecule has 0 bridgehead atoms. The molecule has 0 spiro atoms. The Labute approximate surface area is 311 Å². The maximum absolute atomic E-state index is 10.7. The van der Waals surface area contributed by atoms with Crippen molar-refractivity contribution in [3.8, 4) is 34.8 Å². The highest BCUT2D eigenvalue weighted by atomic mass is 32.2. The van der Waals surface area contributed by atoms with Crippen molar-refractivity contribution in [2.75, 3.05) is 9.80 Å². The van der Waals surface area contributed by atoms with Crippen LogP contribution in [-0.4, -0.2) is 9.97 Å². The van der Waals surface area contributed by atoms with E-state index in [0.717, 1.165) is 50.6 Å². The molecule has 0 radical (unpaired) electrons. The number of para-hydroxylation sites is 4. The summed E-state index contributed by atoms with van der Waals surface area (Å²) in [7, 11) is 0. The molecule has 9 rings (SSSR count). The monoisotopic (exact) mass is 696 g/mol. The van der Waals surface area contributed by atoms with Crippen molar-refractivity contribution in [2.45, 2.75) is 9.79 Å². The largest absolute Gasteiger partial charge is 0.309 e. The molecule has 53 heavy (non-hydrogen) atoms. The van der Waals surface area contributed by atoms with Crippen LogP contribution in [0.1, 0.15) is 11.1 Å². The SMILES string of the molecule is N#Cc1cc(-c2nc(-c3ccccc3)nc3c(C#N)cccc23)ccc1N(c1ccccc1)c1ccc(N2c3ccccc3Sc3ccccc32)cc1. The minimum atomic E-state index is 0.467. The summed E-state index contributed by atoms with van der Waals surface area (Å²) >= 11 is 1.79. The van der Waals surface area contributed by atoms with Gasteiger partial charge >= 0.3 is 0 Å². The summed E-state index contributed by atoms with van der Waals surface area (Å²) in [5.74, 6) is 0.516. The molecule has 2 heterocycles. The molecule has 0 saturated heterocycles. The third-order valence-electron chi connectivity index (χ3n) is 9.32. The highest BCUT2D eigenvalue weighted by Gasteiger charge is 2.25. The second-order valence-corrected chi connectivity index (χ2v) is 13.6. The molecule has 248 valence electrons. The van der Waals surface area contributed by atoms with Crippen molar-refractivity contribution < 1.29 is 0 Å². The Morgan fingerprint density at radius 3 is 1.83 bits per heavy atom. The third-order valence-corrected chi connectivity index (χ3v) is 10.5. The van der Waals surface area contributed by atoms with Gasteiger partial charge in [-0.3, -0.25) is 0 Å². The van der Waals surface area contributed by atoms with Gasteiger partial charge in [-0.2, -0.15) is 10.5 Å². The van der Waals surface area contributed by atoms with Crippen molar-refractivity contribution in [3.63, 3.8) is 0 Å². The van der Waals surface area contributed by atoms with E-state index >= 15 is 0 Å². The smallest absolute Gasteiger partial charge is 0.160 e. The van der Waals surface area contributed by atoms with Gasteiger partial charge in [0.1, 0.15) is 12.1 Å². The number of anilines is 6. The van der Waals surface area contributed by atoms with Crippen LogP contribution in [-0.2, 0) is 0 Å². The van der Waals surface area contributed by atoms with Crippen LogP contribution in [0.2, 0.25) is 0 Å². The number of aromatic nitrogens is 2. The van der Waals surface area contributed by atoms with E-state index in [4.69, 9.17) is 9.97 Å². The van der Waals surface area contributed by atoms with Gasteiger partial charge in [-0.25, -0.2) is 9.97 Å². The Kier molecular flexibility index (Phi) is 8.09. The molecule has 0 aliphatic carbocycles. The lowest BCUT2D eigenvalue weighted by Gasteiger charge is -2.33. The standard InChI is InChI=1S/C46H28N6S/c47-29-33-14-11-17-38-44(49-46(50-45(33)38)31-12-3-1-4-13-31)32-22-27-39(34(28-32)30-48)51(35-15-5-2-6-16-35)36-23-25-37(26-24-36)52-40-18-7-9-20-42(40)53-43-21-10-8-19-41(43)52/h1-28H. The number of nitrogens with zero attached hydrogens (tertiary/aromatic N) is 6. The molecule has 0 N–H and O–H groups in total. The molecule has 7 aromatic carbocycles. The van der Waals surface area contributed by atoms with Crippen molar-refractivity contribution in [3.05, 3.63) is 181 Å². The number of rotatable bonds is 6. The molecule has 0 fully saturated rings. The van der Waals surface area contributed by atoms with Gasteiger partial charge in [0, 0.05) is 43.4 Å². The Balaban J connectivity index is 1.16. The number of nitriles is 2. The van der Waals surface area contributed by atoms with Crippen LogP contribution >= 0.6 is 11.8 Å². The van der Waals surface area contributed by atoms with Gasteiger partial charge in [-0.15, -0.1) is 0 Å². The minimum absolute atomic E-state index is 0.467. The minimum Gasteiger partial charge on any atom is -0.309 e. The molecule has 8 aromatic rings. The lowest BCUT2D eigenvalue weighted by molar-refractivity contribution is 1.16. The highest BCUT2D eigenvalue weighted by Crippen LogP contribution is 2.51. The normalized spacial score (nSPS) is 11.6. The number of benzene rings is 7. The zero-order valence-corrected chi connectivity index (χ0v) is 29.1. The van der Waals surface area contributed by atoms with Gasteiger partial charge in [0.15, 0.2) is 5.82 Å². The van der Waals surface area contributed by atoms with E-state index in [9.17, 15) is 10.5 Å². The van der Waals surface area contributed by atoms with Gasteiger partial charge in [0.05, 0.1) is 39.4 Å². The lowest BCUT2D eigenvalue weighted by Crippen LogP contribution is -2.15. The second kappa shape index (κ2) is 13.5. The zero-order valence-electron chi connectivity index (χ0n) is 28.3. The average Bonchev–Trinajstić information content (AvgIpc) is 3.23. The van der Waals surface area contributed by atoms with E-state index in [1.165, 1.54) is 9.79 Å². The molecule has 0 atom stereocenters. The third kappa shape index (κ3) is 5.72. The number of hydrogen-bond acceptors (Lipinski definition) is 7. The highest BCUT2D eigenvalue weighted by molar-refractivity contribution is 7.99. The van der Waals surface area contributed by atoms with Crippen molar-refractivity contribution >= 4 is 56.8 Å². The lowest BCUT2D eigenvalue weighted by atomic mass is 10.00. The fraction of sp³-hybridized carbons (Fsp3) is 0. The second-order valence-electron chi connectivity index (χ2n) is 12.5. The zero-order chi connectivity index (χ0) is 35.7. The number of fused-ring (bicyclic) bond motifs is 3. The van der Waals surface area contributed by atoms with Crippen LogP contribution in [0.15, 0.2) is 180 Å². The Hall–Kier alpha value is -7.19. The molecular weight excluding hydrogens is 669 g/mol. The summed E-state index contributed by atoms with van der Waals surface area (Å²) in [5, 5.41) is 21.4. The van der Waals surface area contributed by atoms with Crippen LogP contribution in [0.25, 0.3) is 33.5 Å². The average molecular weight is 697 g/mol. The molecule has 1 aliphatic rings. The molecule has 1 aliphatic heterocycles. The van der Waals surface area contributed by atoms with Crippen molar-refractivity contribution in [1.29, 1.82) is 10.5 Å². The first-order valence-corrected chi connectivity index (χ1v) is 17.9. The molecular formula is C46H28N6S. The summed E-state index contributed by atoms with van der Waals surface area (Å²) in [6.07, 6.45) is 0. The van der Waals surface area contributed by atoms with Gasteiger partial charge in [-0.05, 0) is 78.9 Å². The van der Waals surface area contributed by atoms with Crippen LogP contribution in [0.5, 0.6) is 0 Å². The van der Waals surface area contributed by atoms with Gasteiger partial charge in [0.2, 0.25) is 0 Å². The molecule has 6 nitrogen and oxygen atoms in total. The van der Waals surface area contributed by atoms with Crippen molar-refractivity contribution in [2.24, 2.45) is 0 Å². The van der Waals surface area contributed by atoms with E-state index in [-0.39, 0.29) is 0 Å². The predicted molar refractivity (Wildman–Crippen MR) is 213 cm³/mol. The first kappa shape index (κ1) is 31.8. The quantitative estimate of drug-likeness (QED) is 0.171. The van der Waals surface area contributed by atoms with Crippen LogP contribution < -0.4 is 9.80 Å². The predicted octanol–water partition coefficient (Wildman–Crippen LogP) is 12.1. The maximum atomic E-state index is 10.7. The summed E-state index contributed by atoms with van der Waals surface area (Å²) in [5.41, 5.74) is 9.67. The first-order chi connectivity index (χ1) is 26.2. The summed E-state index contributed by atoms with van der Waals surface area (Å²) in [6.45, 7) is 0. The molecule has 0 amide bonds. The topological polar surface area (TPSA) is 79.8 Å². The molecule has 7 heteroatoms. The Bertz CT molecular complexity index is 2690. The summed E-state index contributed by atoms with van der Waals surface area (Å²) in [4.78, 5) is 16.7. The van der Waals surface area contributed by atoms with Gasteiger partial charge in [0.25, 0.3) is 0 Å². The maximum Gasteiger partial charge on any atom is 0.160 e. The first-order valence-electron chi connectivity index (χ1n) is 17.1. The van der Waals surface area contributed by atoms with Gasteiger partial charge < -0.3 is 9.80 Å². The fourth-order valence-corrected chi connectivity index (χ4v) is 7.94. The fourth-order valence-electron chi connectivity index (χ4n) is 6.88. The van der Waals surface area contributed by atoms with E-state index in [1.807, 2.05) is 91.0 Å². The number of hydrogen-bond donors (Lipinski definition) is 0.